The van der Waals surface area contributed by atoms with E-state index >= 15 is 0 Å². The minimum absolute atomic E-state index is 0.187. The van der Waals surface area contributed by atoms with Crippen molar-refractivity contribution in [3.05, 3.63) is 66.0 Å². The molecular weight excluding hydrogens is 253 g/mol. The van der Waals surface area contributed by atoms with Crippen LogP contribution in [-0.2, 0) is 0 Å². The number of para-hydroxylation sites is 1. The highest BCUT2D eigenvalue weighted by Crippen LogP contribution is 2.20. The predicted molar refractivity (Wildman–Crippen MR) is 79.6 cm³/mol. The number of nitrogens with one attached hydrogen (secondary N) is 1. The molecule has 2 rings (SSSR count). The van der Waals surface area contributed by atoms with Gasteiger partial charge in [-0.3, -0.25) is 0 Å². The summed E-state index contributed by atoms with van der Waals surface area (Å²) in [4.78, 5) is 0. The van der Waals surface area contributed by atoms with Crippen molar-refractivity contribution in [2.45, 2.75) is 12.3 Å². The monoisotopic (exact) mass is 273 g/mol. The van der Waals surface area contributed by atoms with Crippen molar-refractivity contribution in [3.63, 3.8) is 0 Å². The summed E-state index contributed by atoms with van der Waals surface area (Å²) in [5.41, 5.74) is 1.01. The van der Waals surface area contributed by atoms with Gasteiger partial charge in [-0.15, -0.1) is 0 Å². The number of rotatable bonds is 7. The Balaban J connectivity index is 1.92. The van der Waals surface area contributed by atoms with Gasteiger partial charge in [-0.2, -0.15) is 0 Å². The normalized spacial score (nSPS) is 12.1. The molecular formula is C17H20FNO. The second-order valence-electron chi connectivity index (χ2n) is 4.76. The lowest BCUT2D eigenvalue weighted by atomic mass is 9.96. The topological polar surface area (TPSA) is 21.3 Å². The largest absolute Gasteiger partial charge is 0.494 e. The first-order valence-corrected chi connectivity index (χ1v) is 6.87. The molecule has 3 heteroatoms. The lowest BCUT2D eigenvalue weighted by molar-refractivity contribution is 0.296. The lowest BCUT2D eigenvalue weighted by Crippen LogP contribution is -2.19. The summed E-state index contributed by atoms with van der Waals surface area (Å²) < 4.78 is 19.0. The Morgan fingerprint density at radius 1 is 1.10 bits per heavy atom. The van der Waals surface area contributed by atoms with Crippen molar-refractivity contribution in [3.8, 4) is 5.75 Å². The minimum Gasteiger partial charge on any atom is -0.494 e. The average molecular weight is 273 g/mol. The zero-order valence-corrected chi connectivity index (χ0v) is 11.7. The Morgan fingerprint density at radius 2 is 1.90 bits per heavy atom. The van der Waals surface area contributed by atoms with Gasteiger partial charge in [-0.1, -0.05) is 30.3 Å². The first kappa shape index (κ1) is 14.5. The molecule has 0 saturated carbocycles. The van der Waals surface area contributed by atoms with E-state index in [9.17, 15) is 4.39 Å². The van der Waals surface area contributed by atoms with Gasteiger partial charge in [-0.25, -0.2) is 4.39 Å². The number of ether oxygens (including phenoxy) is 1. The molecule has 106 valence electrons. The van der Waals surface area contributed by atoms with Crippen LogP contribution >= 0.6 is 0 Å². The summed E-state index contributed by atoms with van der Waals surface area (Å²) in [6.45, 7) is 1.43. The van der Waals surface area contributed by atoms with E-state index in [2.05, 4.69) is 5.32 Å². The molecule has 0 aromatic heterocycles. The quantitative estimate of drug-likeness (QED) is 0.832. The molecule has 1 unspecified atom stereocenters. The van der Waals surface area contributed by atoms with E-state index in [1.165, 1.54) is 6.07 Å². The number of hydrogen-bond donors (Lipinski definition) is 1. The van der Waals surface area contributed by atoms with Crippen LogP contribution in [0.1, 0.15) is 17.9 Å². The molecule has 0 aliphatic heterocycles. The first-order chi connectivity index (χ1) is 9.79. The fraction of sp³-hybridized carbons (Fsp3) is 0.294. The van der Waals surface area contributed by atoms with Crippen molar-refractivity contribution < 1.29 is 9.13 Å². The highest BCUT2D eigenvalue weighted by molar-refractivity contribution is 5.22. The van der Waals surface area contributed by atoms with Crippen LogP contribution in [0, 0.1) is 5.82 Å². The number of hydrogen-bond acceptors (Lipinski definition) is 2. The molecule has 0 amide bonds. The highest BCUT2D eigenvalue weighted by Gasteiger charge is 2.11. The first-order valence-electron chi connectivity index (χ1n) is 6.87. The van der Waals surface area contributed by atoms with Crippen molar-refractivity contribution in [1.82, 2.24) is 5.32 Å². The van der Waals surface area contributed by atoms with Gasteiger partial charge in [0.25, 0.3) is 0 Å². The van der Waals surface area contributed by atoms with Crippen LogP contribution in [0.2, 0.25) is 0 Å². The van der Waals surface area contributed by atoms with E-state index in [0.29, 0.717) is 6.61 Å². The molecule has 1 atom stereocenters. The fourth-order valence-corrected chi connectivity index (χ4v) is 2.23. The Morgan fingerprint density at radius 3 is 2.60 bits per heavy atom. The smallest absolute Gasteiger partial charge is 0.123 e. The second-order valence-corrected chi connectivity index (χ2v) is 4.76. The van der Waals surface area contributed by atoms with Gasteiger partial charge in [0.15, 0.2) is 0 Å². The summed E-state index contributed by atoms with van der Waals surface area (Å²) >= 11 is 0. The Hall–Kier alpha value is -1.87. The molecule has 0 fully saturated rings. The number of likely N-dealkylation sites (N-methyl/N-ethyl adjacent to an activating group) is 1. The zero-order chi connectivity index (χ0) is 14.2. The summed E-state index contributed by atoms with van der Waals surface area (Å²) in [5.74, 6) is 0.932. The third kappa shape index (κ3) is 4.35. The maximum Gasteiger partial charge on any atom is 0.123 e. The lowest BCUT2D eigenvalue weighted by Gasteiger charge is -2.17. The van der Waals surface area contributed by atoms with E-state index in [4.69, 9.17) is 4.74 Å². The maximum atomic E-state index is 13.3. The molecule has 2 nitrogen and oxygen atoms in total. The molecule has 0 spiro atoms. The van der Waals surface area contributed by atoms with Crippen LogP contribution < -0.4 is 10.1 Å². The summed E-state index contributed by atoms with van der Waals surface area (Å²) in [6, 6.07) is 16.5. The van der Waals surface area contributed by atoms with Crippen LogP contribution in [0.25, 0.3) is 0 Å². The molecule has 0 saturated heterocycles. The Kier molecular flexibility index (Phi) is 5.56. The van der Waals surface area contributed by atoms with Crippen LogP contribution in [0.5, 0.6) is 5.75 Å². The van der Waals surface area contributed by atoms with E-state index in [1.54, 1.807) is 12.1 Å². The Labute approximate surface area is 119 Å². The van der Waals surface area contributed by atoms with Crippen molar-refractivity contribution in [2.24, 2.45) is 0 Å². The van der Waals surface area contributed by atoms with Crippen molar-refractivity contribution in [2.75, 3.05) is 20.2 Å². The van der Waals surface area contributed by atoms with Gasteiger partial charge >= 0.3 is 0 Å². The third-order valence-corrected chi connectivity index (χ3v) is 3.25. The Bertz CT molecular complexity index is 515. The molecule has 0 heterocycles. The van der Waals surface area contributed by atoms with Gasteiger partial charge in [0.1, 0.15) is 11.6 Å². The van der Waals surface area contributed by atoms with Gasteiger partial charge in [0.05, 0.1) is 6.61 Å². The minimum atomic E-state index is -0.187. The van der Waals surface area contributed by atoms with Crippen molar-refractivity contribution >= 4 is 0 Å². The van der Waals surface area contributed by atoms with Crippen LogP contribution in [-0.4, -0.2) is 20.2 Å². The molecule has 0 radical (unpaired) electrons. The third-order valence-electron chi connectivity index (χ3n) is 3.25. The second kappa shape index (κ2) is 7.65. The van der Waals surface area contributed by atoms with E-state index in [1.807, 2.05) is 43.4 Å². The maximum absolute atomic E-state index is 13.3. The number of halogens is 1. The van der Waals surface area contributed by atoms with Gasteiger partial charge in [0, 0.05) is 6.54 Å². The highest BCUT2D eigenvalue weighted by atomic mass is 19.1. The number of benzene rings is 2. The van der Waals surface area contributed by atoms with Crippen LogP contribution in [0.3, 0.4) is 0 Å². The molecule has 20 heavy (non-hydrogen) atoms. The van der Waals surface area contributed by atoms with Gasteiger partial charge in [0.2, 0.25) is 0 Å². The molecule has 0 aliphatic carbocycles. The molecule has 2 aromatic carbocycles. The summed E-state index contributed by atoms with van der Waals surface area (Å²) in [5, 5.41) is 3.16. The standard InChI is InChI=1S/C17H20FNO/c1-19-13-15(14-6-5-7-16(18)12-14)10-11-20-17-8-3-2-4-9-17/h2-9,12,15,19H,10-11,13H2,1H3. The van der Waals surface area contributed by atoms with Crippen LogP contribution in [0.15, 0.2) is 54.6 Å². The van der Waals surface area contributed by atoms with Crippen molar-refractivity contribution in [1.29, 1.82) is 0 Å². The predicted octanol–water partition coefficient (Wildman–Crippen LogP) is 3.60. The molecule has 0 aliphatic rings. The summed E-state index contributed by atoms with van der Waals surface area (Å²) in [7, 11) is 1.91. The van der Waals surface area contributed by atoms with Gasteiger partial charge < -0.3 is 10.1 Å². The molecule has 2 aromatic rings. The van der Waals surface area contributed by atoms with E-state index in [-0.39, 0.29) is 11.7 Å². The zero-order valence-electron chi connectivity index (χ0n) is 11.7. The van der Waals surface area contributed by atoms with E-state index in [0.717, 1.165) is 24.3 Å². The SMILES string of the molecule is CNCC(CCOc1ccccc1)c1cccc(F)c1. The molecule has 0 bridgehead atoms. The van der Waals surface area contributed by atoms with Gasteiger partial charge in [-0.05, 0) is 49.2 Å². The fourth-order valence-electron chi connectivity index (χ4n) is 2.23. The van der Waals surface area contributed by atoms with Crippen LogP contribution in [0.4, 0.5) is 4.39 Å². The average Bonchev–Trinajstić information content (AvgIpc) is 2.47. The molecule has 1 N–H and O–H groups in total. The van der Waals surface area contributed by atoms with E-state index < -0.39 is 0 Å². The summed E-state index contributed by atoms with van der Waals surface area (Å²) in [6.07, 6.45) is 0.846.